The van der Waals surface area contributed by atoms with Gasteiger partial charge in [-0.2, -0.15) is 4.31 Å². The molecular formula is C23H29N3O3S. The lowest BCUT2D eigenvalue weighted by Crippen LogP contribution is -2.39. The molecule has 6 nitrogen and oxygen atoms in total. The van der Waals surface area contributed by atoms with Crippen molar-refractivity contribution in [2.75, 3.05) is 29.9 Å². The summed E-state index contributed by atoms with van der Waals surface area (Å²) in [5.41, 5.74) is 2.91. The van der Waals surface area contributed by atoms with Crippen LogP contribution >= 0.6 is 0 Å². The van der Waals surface area contributed by atoms with Crippen LogP contribution in [0.2, 0.25) is 0 Å². The minimum absolute atomic E-state index is 0.00807. The van der Waals surface area contributed by atoms with Crippen molar-refractivity contribution in [2.24, 2.45) is 0 Å². The third-order valence-corrected chi connectivity index (χ3v) is 7.89. The predicted octanol–water partition coefficient (Wildman–Crippen LogP) is 3.64. The highest BCUT2D eigenvalue weighted by atomic mass is 32.2. The standard InChI is InChI=1S/C23H29N3O3S/c1-18-16-19-8-4-5-9-22(19)26(18)23(27)17-24-20-10-12-21(13-11-20)30(28,29)25-14-6-2-3-7-15-25/h4-5,8-13,18,24H,2-3,6-7,14-17H2,1H3. The molecular weight excluding hydrogens is 398 g/mol. The van der Waals surface area contributed by atoms with Crippen LogP contribution in [0.5, 0.6) is 0 Å². The molecule has 1 atom stereocenters. The van der Waals surface area contributed by atoms with E-state index in [1.54, 1.807) is 28.6 Å². The summed E-state index contributed by atoms with van der Waals surface area (Å²) in [5, 5.41) is 3.14. The molecule has 2 aliphatic rings. The quantitative estimate of drug-likeness (QED) is 0.791. The number of anilines is 2. The van der Waals surface area contributed by atoms with Gasteiger partial charge in [0.25, 0.3) is 0 Å². The van der Waals surface area contributed by atoms with Crippen molar-refractivity contribution in [3.05, 3.63) is 54.1 Å². The minimum Gasteiger partial charge on any atom is -0.376 e. The number of sulfonamides is 1. The number of nitrogens with one attached hydrogen (secondary N) is 1. The molecule has 4 rings (SSSR count). The van der Waals surface area contributed by atoms with E-state index < -0.39 is 10.0 Å². The zero-order chi connectivity index (χ0) is 21.1. The normalized spacial score (nSPS) is 19.9. The molecule has 1 saturated heterocycles. The fraction of sp³-hybridized carbons (Fsp3) is 0.435. The van der Waals surface area contributed by atoms with Crippen molar-refractivity contribution in [1.29, 1.82) is 0 Å². The van der Waals surface area contributed by atoms with Gasteiger partial charge in [0, 0.05) is 30.5 Å². The highest BCUT2D eigenvalue weighted by molar-refractivity contribution is 7.89. The first-order valence-electron chi connectivity index (χ1n) is 10.7. The Morgan fingerprint density at radius 3 is 2.37 bits per heavy atom. The van der Waals surface area contributed by atoms with Gasteiger partial charge >= 0.3 is 0 Å². The third kappa shape index (κ3) is 4.23. The van der Waals surface area contributed by atoms with E-state index in [1.807, 2.05) is 23.1 Å². The molecule has 0 saturated carbocycles. The number of carbonyl (C=O) groups is 1. The predicted molar refractivity (Wildman–Crippen MR) is 119 cm³/mol. The number of hydrogen-bond donors (Lipinski definition) is 1. The van der Waals surface area contributed by atoms with Crippen LogP contribution in [0, 0.1) is 0 Å². The Morgan fingerprint density at radius 2 is 1.67 bits per heavy atom. The summed E-state index contributed by atoms with van der Waals surface area (Å²) in [7, 11) is -3.46. The maximum atomic E-state index is 12.9. The van der Waals surface area contributed by atoms with Gasteiger partial charge in [-0.25, -0.2) is 8.42 Å². The summed E-state index contributed by atoms with van der Waals surface area (Å²) in [6, 6.07) is 14.9. The number of nitrogens with zero attached hydrogens (tertiary/aromatic N) is 2. The summed E-state index contributed by atoms with van der Waals surface area (Å²) in [6.07, 6.45) is 4.87. The first-order chi connectivity index (χ1) is 14.5. The van der Waals surface area contributed by atoms with Gasteiger partial charge in [-0.15, -0.1) is 0 Å². The second kappa shape index (κ2) is 8.78. The molecule has 1 amide bonds. The number of rotatable bonds is 5. The second-order valence-electron chi connectivity index (χ2n) is 8.14. The average Bonchev–Trinajstić information content (AvgIpc) is 2.91. The Balaban J connectivity index is 1.40. The van der Waals surface area contributed by atoms with Crippen LogP contribution < -0.4 is 10.2 Å². The minimum atomic E-state index is -3.46. The lowest BCUT2D eigenvalue weighted by molar-refractivity contribution is -0.117. The van der Waals surface area contributed by atoms with Gasteiger partial charge < -0.3 is 10.2 Å². The third-order valence-electron chi connectivity index (χ3n) is 5.98. The molecule has 2 aliphatic heterocycles. The fourth-order valence-electron chi connectivity index (χ4n) is 4.38. The number of amides is 1. The topological polar surface area (TPSA) is 69.7 Å². The molecule has 0 aliphatic carbocycles. The Bertz CT molecular complexity index is 997. The van der Waals surface area contributed by atoms with Crippen LogP contribution in [0.1, 0.15) is 38.2 Å². The summed E-state index contributed by atoms with van der Waals surface area (Å²) in [4.78, 5) is 15.0. The van der Waals surface area contributed by atoms with Crippen molar-refractivity contribution in [3.63, 3.8) is 0 Å². The van der Waals surface area contributed by atoms with Gasteiger partial charge in [0.2, 0.25) is 15.9 Å². The highest BCUT2D eigenvalue weighted by Gasteiger charge is 2.30. The molecule has 7 heteroatoms. The molecule has 0 bridgehead atoms. The zero-order valence-electron chi connectivity index (χ0n) is 17.4. The van der Waals surface area contributed by atoms with Crippen molar-refractivity contribution >= 4 is 27.3 Å². The van der Waals surface area contributed by atoms with Gasteiger partial charge in [-0.1, -0.05) is 31.0 Å². The lowest BCUT2D eigenvalue weighted by atomic mass is 10.1. The molecule has 0 radical (unpaired) electrons. The SMILES string of the molecule is CC1Cc2ccccc2N1C(=O)CNc1ccc(S(=O)(=O)N2CCCCCC2)cc1. The monoisotopic (exact) mass is 427 g/mol. The van der Waals surface area contributed by atoms with E-state index in [4.69, 9.17) is 0 Å². The van der Waals surface area contributed by atoms with Crippen molar-refractivity contribution in [1.82, 2.24) is 4.31 Å². The van der Waals surface area contributed by atoms with Crippen LogP contribution in [0.4, 0.5) is 11.4 Å². The second-order valence-corrected chi connectivity index (χ2v) is 10.1. The summed E-state index contributed by atoms with van der Waals surface area (Å²) < 4.78 is 27.4. The molecule has 1 unspecified atom stereocenters. The Kier molecular flexibility index (Phi) is 6.11. The molecule has 2 heterocycles. The molecule has 30 heavy (non-hydrogen) atoms. The van der Waals surface area contributed by atoms with Crippen LogP contribution in [-0.2, 0) is 21.2 Å². The van der Waals surface area contributed by atoms with Crippen LogP contribution in [-0.4, -0.2) is 44.3 Å². The van der Waals surface area contributed by atoms with Gasteiger partial charge in [-0.05, 0) is 62.1 Å². The smallest absolute Gasteiger partial charge is 0.246 e. The lowest BCUT2D eigenvalue weighted by Gasteiger charge is -2.23. The van der Waals surface area contributed by atoms with E-state index in [1.165, 1.54) is 5.56 Å². The Labute approximate surface area is 178 Å². The van der Waals surface area contributed by atoms with E-state index in [0.29, 0.717) is 18.0 Å². The number of benzene rings is 2. The molecule has 1 N–H and O–H groups in total. The van der Waals surface area contributed by atoms with E-state index in [9.17, 15) is 13.2 Å². The maximum absolute atomic E-state index is 12.9. The molecule has 2 aromatic rings. The number of hydrogen-bond acceptors (Lipinski definition) is 4. The molecule has 2 aromatic carbocycles. The maximum Gasteiger partial charge on any atom is 0.246 e. The number of carbonyl (C=O) groups excluding carboxylic acids is 1. The first-order valence-corrected chi connectivity index (χ1v) is 12.1. The summed E-state index contributed by atoms with van der Waals surface area (Å²) in [6.45, 7) is 3.40. The highest BCUT2D eigenvalue weighted by Crippen LogP contribution is 2.31. The Morgan fingerprint density at radius 1 is 1.00 bits per heavy atom. The van der Waals surface area contributed by atoms with E-state index in [2.05, 4.69) is 18.3 Å². The zero-order valence-corrected chi connectivity index (χ0v) is 18.2. The average molecular weight is 428 g/mol. The van der Waals surface area contributed by atoms with E-state index in [-0.39, 0.29) is 18.5 Å². The van der Waals surface area contributed by atoms with Crippen molar-refractivity contribution < 1.29 is 13.2 Å². The van der Waals surface area contributed by atoms with Crippen LogP contribution in [0.25, 0.3) is 0 Å². The molecule has 160 valence electrons. The number of para-hydroxylation sites is 1. The van der Waals surface area contributed by atoms with Gasteiger partial charge in [0.05, 0.1) is 11.4 Å². The van der Waals surface area contributed by atoms with E-state index >= 15 is 0 Å². The fourth-order valence-corrected chi connectivity index (χ4v) is 5.90. The Hall–Kier alpha value is -2.38. The van der Waals surface area contributed by atoms with Gasteiger partial charge in [-0.3, -0.25) is 4.79 Å². The van der Waals surface area contributed by atoms with Gasteiger partial charge in [0.15, 0.2) is 0 Å². The van der Waals surface area contributed by atoms with Crippen LogP contribution in [0.3, 0.4) is 0 Å². The largest absolute Gasteiger partial charge is 0.376 e. The van der Waals surface area contributed by atoms with Crippen molar-refractivity contribution in [2.45, 2.75) is 50.0 Å². The number of fused-ring (bicyclic) bond motifs is 1. The molecule has 0 spiro atoms. The van der Waals surface area contributed by atoms with E-state index in [0.717, 1.165) is 43.5 Å². The molecule has 0 aromatic heterocycles. The van der Waals surface area contributed by atoms with Gasteiger partial charge in [0.1, 0.15) is 0 Å². The first kappa shape index (κ1) is 20.9. The summed E-state index contributed by atoms with van der Waals surface area (Å²) >= 11 is 0. The van der Waals surface area contributed by atoms with Crippen molar-refractivity contribution in [3.8, 4) is 0 Å². The molecule has 1 fully saturated rings. The summed E-state index contributed by atoms with van der Waals surface area (Å²) in [5.74, 6) is 0.00807. The van der Waals surface area contributed by atoms with Crippen LogP contribution in [0.15, 0.2) is 53.4 Å².